The molecule has 0 atom stereocenters. The van der Waals surface area contributed by atoms with Gasteiger partial charge in [-0.25, -0.2) is 4.39 Å². The lowest BCUT2D eigenvalue weighted by Gasteiger charge is -2.09. The molecule has 0 saturated carbocycles. The molecule has 2 nitrogen and oxygen atoms in total. The Morgan fingerprint density at radius 2 is 1.95 bits per heavy atom. The molecule has 0 saturated heterocycles. The number of fused-ring (bicyclic) bond motifs is 1. The van der Waals surface area contributed by atoms with Crippen LogP contribution in [0.25, 0.3) is 10.9 Å². The number of halogens is 2. The monoisotopic (exact) mass is 331 g/mol. The number of benzene rings is 2. The van der Waals surface area contributed by atoms with Crippen LogP contribution < -0.4 is 0 Å². The van der Waals surface area contributed by atoms with Crippen molar-refractivity contribution in [3.05, 3.63) is 70.1 Å². The summed E-state index contributed by atoms with van der Waals surface area (Å²) in [6, 6.07) is 12.5. The Morgan fingerprint density at radius 3 is 2.75 bits per heavy atom. The van der Waals surface area contributed by atoms with E-state index in [2.05, 4.69) is 15.9 Å². The van der Waals surface area contributed by atoms with Gasteiger partial charge in [-0.1, -0.05) is 24.3 Å². The van der Waals surface area contributed by atoms with Crippen LogP contribution in [0.2, 0.25) is 0 Å². The Bertz CT molecular complexity index is 794. The molecule has 20 heavy (non-hydrogen) atoms. The Kier molecular flexibility index (Phi) is 3.40. The Morgan fingerprint density at radius 1 is 1.15 bits per heavy atom. The molecule has 1 aromatic heterocycles. The van der Waals surface area contributed by atoms with Crippen LogP contribution in [0, 0.1) is 5.82 Å². The molecule has 0 bridgehead atoms. The van der Waals surface area contributed by atoms with Crippen molar-refractivity contribution in [3.63, 3.8) is 0 Å². The Hall–Kier alpha value is -1.94. The van der Waals surface area contributed by atoms with E-state index >= 15 is 0 Å². The maximum atomic E-state index is 13.6. The summed E-state index contributed by atoms with van der Waals surface area (Å²) in [4.78, 5) is 11.2. The molecule has 0 radical (unpaired) electrons. The number of aromatic nitrogens is 1. The fourth-order valence-electron chi connectivity index (χ4n) is 2.37. The minimum Gasteiger partial charge on any atom is -0.342 e. The van der Waals surface area contributed by atoms with Gasteiger partial charge >= 0.3 is 0 Å². The first-order valence-electron chi connectivity index (χ1n) is 6.16. The maximum absolute atomic E-state index is 13.6. The largest absolute Gasteiger partial charge is 0.342 e. The quantitative estimate of drug-likeness (QED) is 0.652. The van der Waals surface area contributed by atoms with Crippen molar-refractivity contribution < 1.29 is 9.18 Å². The molecule has 0 aliphatic heterocycles. The third-order valence-electron chi connectivity index (χ3n) is 3.32. The van der Waals surface area contributed by atoms with Crippen molar-refractivity contribution in [2.75, 3.05) is 0 Å². The van der Waals surface area contributed by atoms with E-state index in [1.165, 1.54) is 6.07 Å². The van der Waals surface area contributed by atoms with Gasteiger partial charge in [-0.15, -0.1) is 0 Å². The number of rotatable bonds is 3. The number of hydrogen-bond donors (Lipinski definition) is 0. The lowest BCUT2D eigenvalue weighted by atomic mass is 10.1. The molecule has 0 spiro atoms. The molecule has 4 heteroatoms. The van der Waals surface area contributed by atoms with Crippen LogP contribution in [-0.4, -0.2) is 10.9 Å². The Balaban J connectivity index is 2.11. The van der Waals surface area contributed by atoms with Gasteiger partial charge in [0.15, 0.2) is 6.29 Å². The molecule has 0 fully saturated rings. The normalized spacial score (nSPS) is 10.9. The fourth-order valence-corrected chi connectivity index (χ4v) is 2.76. The molecular formula is C16H11BrFNO. The summed E-state index contributed by atoms with van der Waals surface area (Å²) in [7, 11) is 0. The van der Waals surface area contributed by atoms with Gasteiger partial charge in [-0.3, -0.25) is 4.79 Å². The number of para-hydroxylation sites is 1. The predicted molar refractivity (Wildman–Crippen MR) is 80.5 cm³/mol. The second-order valence-corrected chi connectivity index (χ2v) is 5.35. The number of aldehydes is 1. The summed E-state index contributed by atoms with van der Waals surface area (Å²) in [6.45, 7) is 0.507. The summed E-state index contributed by atoms with van der Waals surface area (Å²) in [6.07, 6.45) is 2.76. The van der Waals surface area contributed by atoms with E-state index in [0.717, 1.165) is 22.8 Å². The summed E-state index contributed by atoms with van der Waals surface area (Å²) in [5, 5.41) is 1.00. The van der Waals surface area contributed by atoms with E-state index in [-0.39, 0.29) is 5.82 Å². The highest BCUT2D eigenvalue weighted by Gasteiger charge is 2.09. The second kappa shape index (κ2) is 5.21. The standard InChI is InChI=1S/C16H11BrFNO/c17-15-12(4-2-6-14(15)18)9-19-8-7-11-3-1-5-13(10-20)16(11)19/h1-8,10H,9H2. The van der Waals surface area contributed by atoms with Gasteiger partial charge in [0.05, 0.1) is 9.99 Å². The smallest absolute Gasteiger partial charge is 0.152 e. The Labute approximate surface area is 124 Å². The van der Waals surface area contributed by atoms with Crippen molar-refractivity contribution in [1.29, 1.82) is 0 Å². The average molecular weight is 332 g/mol. The zero-order valence-electron chi connectivity index (χ0n) is 10.5. The number of hydrogen-bond acceptors (Lipinski definition) is 1. The number of carbonyl (C=O) groups is 1. The summed E-state index contributed by atoms with van der Waals surface area (Å²) in [5.74, 6) is -0.283. The molecule has 1 heterocycles. The molecule has 0 amide bonds. The predicted octanol–water partition coefficient (Wildman–Crippen LogP) is 4.40. The highest BCUT2D eigenvalue weighted by Crippen LogP contribution is 2.25. The first kappa shape index (κ1) is 13.1. The SMILES string of the molecule is O=Cc1cccc2ccn(Cc3cccc(F)c3Br)c12. The van der Waals surface area contributed by atoms with Crippen LogP contribution in [0.1, 0.15) is 15.9 Å². The summed E-state index contributed by atoms with van der Waals surface area (Å²) < 4.78 is 16.0. The third-order valence-corrected chi connectivity index (χ3v) is 4.21. The lowest BCUT2D eigenvalue weighted by molar-refractivity contribution is 0.112. The molecule has 0 unspecified atom stereocenters. The number of carbonyl (C=O) groups excluding carboxylic acids is 1. The van der Waals surface area contributed by atoms with E-state index in [4.69, 9.17) is 0 Å². The third kappa shape index (κ3) is 2.16. The average Bonchev–Trinajstić information content (AvgIpc) is 2.87. The van der Waals surface area contributed by atoms with Crippen molar-refractivity contribution in [2.45, 2.75) is 6.54 Å². The zero-order chi connectivity index (χ0) is 14.1. The van der Waals surface area contributed by atoms with Gasteiger partial charge in [-0.05, 0) is 39.7 Å². The van der Waals surface area contributed by atoms with Crippen molar-refractivity contribution in [3.8, 4) is 0 Å². The molecule has 0 aliphatic rings. The molecule has 0 N–H and O–H groups in total. The minimum atomic E-state index is -0.283. The number of nitrogens with zero attached hydrogens (tertiary/aromatic N) is 1. The highest BCUT2D eigenvalue weighted by molar-refractivity contribution is 9.10. The van der Waals surface area contributed by atoms with Crippen LogP contribution >= 0.6 is 15.9 Å². The van der Waals surface area contributed by atoms with Crippen molar-refractivity contribution >= 4 is 33.1 Å². The van der Waals surface area contributed by atoms with Gasteiger partial charge in [-0.2, -0.15) is 0 Å². The van der Waals surface area contributed by atoms with Gasteiger partial charge in [0.2, 0.25) is 0 Å². The topological polar surface area (TPSA) is 22.0 Å². The molecule has 3 rings (SSSR count). The first-order valence-corrected chi connectivity index (χ1v) is 6.96. The van der Waals surface area contributed by atoms with Crippen molar-refractivity contribution in [1.82, 2.24) is 4.57 Å². The van der Waals surface area contributed by atoms with E-state index in [1.807, 2.05) is 35.0 Å². The second-order valence-electron chi connectivity index (χ2n) is 4.56. The molecule has 2 aromatic carbocycles. The molecule has 3 aromatic rings. The molecule has 0 aliphatic carbocycles. The van der Waals surface area contributed by atoms with Gasteiger partial charge < -0.3 is 4.57 Å². The summed E-state index contributed by atoms with van der Waals surface area (Å²) in [5.41, 5.74) is 2.35. The lowest BCUT2D eigenvalue weighted by Crippen LogP contribution is -2.01. The van der Waals surface area contributed by atoms with Crippen LogP contribution in [0.4, 0.5) is 4.39 Å². The fraction of sp³-hybridized carbons (Fsp3) is 0.0625. The van der Waals surface area contributed by atoms with E-state index < -0.39 is 0 Å². The van der Waals surface area contributed by atoms with Crippen LogP contribution in [0.15, 0.2) is 53.1 Å². The van der Waals surface area contributed by atoms with Gasteiger partial charge in [0, 0.05) is 23.7 Å². The van der Waals surface area contributed by atoms with E-state index in [9.17, 15) is 9.18 Å². The zero-order valence-corrected chi connectivity index (χ0v) is 12.1. The van der Waals surface area contributed by atoms with Gasteiger partial charge in [0.25, 0.3) is 0 Å². The molecular weight excluding hydrogens is 321 g/mol. The van der Waals surface area contributed by atoms with Crippen LogP contribution in [0.5, 0.6) is 0 Å². The van der Waals surface area contributed by atoms with Gasteiger partial charge in [0.1, 0.15) is 5.82 Å². The van der Waals surface area contributed by atoms with Crippen molar-refractivity contribution in [2.24, 2.45) is 0 Å². The highest BCUT2D eigenvalue weighted by atomic mass is 79.9. The van der Waals surface area contributed by atoms with Crippen LogP contribution in [0.3, 0.4) is 0 Å². The minimum absolute atomic E-state index is 0.283. The van der Waals surface area contributed by atoms with Crippen LogP contribution in [-0.2, 0) is 6.54 Å². The molecule has 100 valence electrons. The summed E-state index contributed by atoms with van der Waals surface area (Å²) >= 11 is 3.27. The van der Waals surface area contributed by atoms with E-state index in [1.54, 1.807) is 12.1 Å². The maximum Gasteiger partial charge on any atom is 0.152 e. The van der Waals surface area contributed by atoms with E-state index in [0.29, 0.717) is 16.6 Å². The first-order chi connectivity index (χ1) is 9.70.